The van der Waals surface area contributed by atoms with Crippen LogP contribution < -0.4 is 10.0 Å². The molecule has 1 aliphatic heterocycles. The Labute approximate surface area is 144 Å². The van der Waals surface area contributed by atoms with Crippen LogP contribution in [-0.4, -0.2) is 46.2 Å². The molecule has 2 rings (SSSR count). The maximum atomic E-state index is 11.5. The zero-order chi connectivity index (χ0) is 17.4. The van der Waals surface area contributed by atoms with E-state index in [9.17, 15) is 8.42 Å². The molecule has 6 nitrogen and oxygen atoms in total. The van der Waals surface area contributed by atoms with E-state index >= 15 is 0 Å². The number of sulfonamides is 1. The van der Waals surface area contributed by atoms with Gasteiger partial charge in [0.05, 0.1) is 25.5 Å². The van der Waals surface area contributed by atoms with Crippen molar-refractivity contribution in [1.29, 1.82) is 0 Å². The normalized spacial score (nSPS) is 24.2. The smallest absolute Gasteiger partial charge is 0.209 e. The van der Waals surface area contributed by atoms with Gasteiger partial charge in [-0.05, 0) is 24.6 Å². The van der Waals surface area contributed by atoms with Crippen molar-refractivity contribution in [1.82, 2.24) is 10.0 Å². The molecule has 134 valence electrons. The predicted molar refractivity (Wildman–Crippen MR) is 94.0 cm³/mol. The van der Waals surface area contributed by atoms with Crippen LogP contribution >= 0.6 is 0 Å². The van der Waals surface area contributed by atoms with Gasteiger partial charge in [0.25, 0.3) is 0 Å². The number of ether oxygens (including phenoxy) is 2. The Morgan fingerprint density at radius 2 is 1.96 bits per heavy atom. The summed E-state index contributed by atoms with van der Waals surface area (Å²) in [5.74, 6) is 0. The molecule has 0 amide bonds. The van der Waals surface area contributed by atoms with Gasteiger partial charge in [-0.3, -0.25) is 5.32 Å². The van der Waals surface area contributed by atoms with Crippen molar-refractivity contribution in [3.63, 3.8) is 0 Å². The third-order valence-corrected chi connectivity index (χ3v) is 4.25. The van der Waals surface area contributed by atoms with Crippen LogP contribution in [0.25, 0.3) is 0 Å². The van der Waals surface area contributed by atoms with Gasteiger partial charge in [-0.2, -0.15) is 0 Å². The molecule has 1 aliphatic rings. The monoisotopic (exact) mass is 354 g/mol. The minimum Gasteiger partial charge on any atom is -0.374 e. The highest BCUT2D eigenvalue weighted by atomic mass is 32.2. The van der Waals surface area contributed by atoms with E-state index in [1.54, 1.807) is 0 Å². The highest BCUT2D eigenvalue weighted by Crippen LogP contribution is 2.14. The van der Waals surface area contributed by atoms with Gasteiger partial charge in [0.15, 0.2) is 0 Å². The van der Waals surface area contributed by atoms with E-state index in [2.05, 4.69) is 17.0 Å². The van der Waals surface area contributed by atoms with E-state index < -0.39 is 16.1 Å². The minimum absolute atomic E-state index is 0.229. The molecule has 0 unspecified atom stereocenters. The Morgan fingerprint density at radius 1 is 1.21 bits per heavy atom. The molecule has 0 radical (unpaired) electrons. The Balaban J connectivity index is 1.94. The molecule has 2 N–H and O–H groups in total. The topological polar surface area (TPSA) is 76.7 Å². The van der Waals surface area contributed by atoms with E-state index in [1.807, 2.05) is 42.5 Å². The van der Waals surface area contributed by atoms with Gasteiger partial charge in [-0.1, -0.05) is 43.3 Å². The molecule has 0 saturated carbocycles. The Morgan fingerprint density at radius 3 is 2.62 bits per heavy atom. The van der Waals surface area contributed by atoms with Crippen molar-refractivity contribution >= 4 is 10.0 Å². The first-order chi connectivity index (χ1) is 11.5. The number of nitrogens with one attached hydrogen (secondary N) is 2. The van der Waals surface area contributed by atoms with Gasteiger partial charge >= 0.3 is 0 Å². The Bertz CT molecular complexity index is 619. The van der Waals surface area contributed by atoms with E-state index in [1.165, 1.54) is 0 Å². The summed E-state index contributed by atoms with van der Waals surface area (Å²) in [6.07, 6.45) is 5.19. The summed E-state index contributed by atoms with van der Waals surface area (Å²) in [7, 11) is -3.33. The van der Waals surface area contributed by atoms with Crippen LogP contribution in [0.5, 0.6) is 0 Å². The van der Waals surface area contributed by atoms with E-state index in [0.717, 1.165) is 24.8 Å². The van der Waals surface area contributed by atoms with Crippen LogP contribution in [0, 0.1) is 0 Å². The van der Waals surface area contributed by atoms with Crippen molar-refractivity contribution in [3.8, 4) is 0 Å². The second-order valence-electron chi connectivity index (χ2n) is 5.85. The SMILES string of the molecule is CCCN[C@@H]1C=C[C@@H](NS(C)(=O)=O)[C@@H](COCc2ccccc2)O1. The molecule has 0 bridgehead atoms. The second-order valence-corrected chi connectivity index (χ2v) is 7.63. The highest BCUT2D eigenvalue weighted by molar-refractivity contribution is 7.88. The molecule has 3 atom stereocenters. The van der Waals surface area contributed by atoms with Crippen LogP contribution in [0.4, 0.5) is 0 Å². The summed E-state index contributed by atoms with van der Waals surface area (Å²) in [4.78, 5) is 0. The third-order valence-electron chi connectivity index (χ3n) is 3.55. The molecular weight excluding hydrogens is 328 g/mol. The molecule has 0 saturated heterocycles. The molecule has 7 heteroatoms. The average Bonchev–Trinajstić information content (AvgIpc) is 2.54. The molecule has 0 spiro atoms. The second kappa shape index (κ2) is 9.29. The van der Waals surface area contributed by atoms with Crippen LogP contribution in [0.2, 0.25) is 0 Å². The van der Waals surface area contributed by atoms with Crippen LogP contribution in [-0.2, 0) is 26.1 Å². The molecular formula is C17H26N2O4S. The van der Waals surface area contributed by atoms with Crippen LogP contribution in [0.1, 0.15) is 18.9 Å². The molecule has 1 aromatic rings. The van der Waals surface area contributed by atoms with E-state index in [4.69, 9.17) is 9.47 Å². The first-order valence-corrected chi connectivity index (χ1v) is 10.0. The lowest BCUT2D eigenvalue weighted by molar-refractivity contribution is -0.0685. The summed E-state index contributed by atoms with van der Waals surface area (Å²) in [5, 5.41) is 3.25. The lowest BCUT2D eigenvalue weighted by Crippen LogP contribution is -2.51. The number of hydrogen-bond donors (Lipinski definition) is 2. The fourth-order valence-electron chi connectivity index (χ4n) is 2.44. The molecule has 1 aromatic carbocycles. The van der Waals surface area contributed by atoms with Gasteiger partial charge < -0.3 is 9.47 Å². The number of hydrogen-bond acceptors (Lipinski definition) is 5. The molecule has 1 heterocycles. The standard InChI is InChI=1S/C17H26N2O4S/c1-3-11-18-17-10-9-15(19-24(2,20)21)16(23-17)13-22-12-14-7-5-4-6-8-14/h4-10,15-19H,3,11-13H2,1-2H3/t15-,16-,17+/m1/s1. The first-order valence-electron chi connectivity index (χ1n) is 8.14. The summed E-state index contributed by atoms with van der Waals surface area (Å²) < 4.78 is 37.3. The van der Waals surface area contributed by atoms with Gasteiger partial charge in [0.2, 0.25) is 10.0 Å². The van der Waals surface area contributed by atoms with Crippen molar-refractivity contribution in [3.05, 3.63) is 48.0 Å². The zero-order valence-corrected chi connectivity index (χ0v) is 15.0. The van der Waals surface area contributed by atoms with E-state index in [0.29, 0.717) is 13.2 Å². The van der Waals surface area contributed by atoms with E-state index in [-0.39, 0.29) is 12.3 Å². The zero-order valence-electron chi connectivity index (χ0n) is 14.1. The predicted octanol–water partition coefficient (Wildman–Crippen LogP) is 1.40. The molecule has 0 aromatic heterocycles. The van der Waals surface area contributed by atoms with Gasteiger partial charge in [0.1, 0.15) is 12.3 Å². The lowest BCUT2D eigenvalue weighted by atomic mass is 10.1. The first kappa shape index (κ1) is 19.1. The number of benzene rings is 1. The molecule has 0 aliphatic carbocycles. The molecule has 24 heavy (non-hydrogen) atoms. The quantitative estimate of drug-likeness (QED) is 0.656. The lowest BCUT2D eigenvalue weighted by Gasteiger charge is -2.32. The van der Waals surface area contributed by atoms with Crippen molar-refractivity contribution < 1.29 is 17.9 Å². The summed E-state index contributed by atoms with van der Waals surface area (Å²) in [5.41, 5.74) is 1.07. The maximum absolute atomic E-state index is 11.5. The average molecular weight is 354 g/mol. The Kier molecular flexibility index (Phi) is 7.39. The Hall–Kier alpha value is -1.25. The third kappa shape index (κ3) is 6.70. The van der Waals surface area contributed by atoms with Gasteiger partial charge in [-0.25, -0.2) is 13.1 Å². The van der Waals surface area contributed by atoms with Crippen molar-refractivity contribution in [2.75, 3.05) is 19.4 Å². The van der Waals surface area contributed by atoms with Gasteiger partial charge in [-0.15, -0.1) is 0 Å². The van der Waals surface area contributed by atoms with Gasteiger partial charge in [0, 0.05) is 0 Å². The maximum Gasteiger partial charge on any atom is 0.209 e. The van der Waals surface area contributed by atoms with Crippen LogP contribution in [0.15, 0.2) is 42.5 Å². The van der Waals surface area contributed by atoms with Crippen LogP contribution in [0.3, 0.4) is 0 Å². The summed E-state index contributed by atoms with van der Waals surface area (Å²) >= 11 is 0. The number of rotatable bonds is 9. The van der Waals surface area contributed by atoms with Crippen molar-refractivity contribution in [2.45, 2.75) is 38.3 Å². The summed E-state index contributed by atoms with van der Waals surface area (Å²) in [6.45, 7) is 3.67. The summed E-state index contributed by atoms with van der Waals surface area (Å²) in [6, 6.07) is 9.40. The van der Waals surface area contributed by atoms with Crippen molar-refractivity contribution in [2.24, 2.45) is 0 Å². The fraction of sp³-hybridized carbons (Fsp3) is 0.529. The molecule has 0 fully saturated rings. The minimum atomic E-state index is -3.33. The fourth-order valence-corrected chi connectivity index (χ4v) is 3.16. The largest absolute Gasteiger partial charge is 0.374 e. The highest BCUT2D eigenvalue weighted by Gasteiger charge is 2.29.